The van der Waals surface area contributed by atoms with Gasteiger partial charge in [-0.1, -0.05) is 24.3 Å². The summed E-state index contributed by atoms with van der Waals surface area (Å²) in [5, 5.41) is 5.64. The molecule has 2 aromatic rings. The van der Waals surface area contributed by atoms with Gasteiger partial charge in [0.25, 0.3) is 0 Å². The van der Waals surface area contributed by atoms with Crippen molar-refractivity contribution in [2.45, 2.75) is 19.5 Å². The van der Waals surface area contributed by atoms with Crippen LogP contribution in [0.3, 0.4) is 0 Å². The maximum Gasteiger partial charge on any atom is 0.318 e. The number of rotatable bonds is 5. The Morgan fingerprint density at radius 3 is 2.50 bits per heavy atom. The minimum absolute atomic E-state index is 0.214. The number of nitrogens with one attached hydrogen (secondary N) is 2. The number of benzene rings is 2. The molecule has 0 spiro atoms. The molecule has 158 valence electrons. The number of ether oxygens (including phenoxy) is 2. The molecule has 0 radical (unpaired) electrons. The zero-order chi connectivity index (χ0) is 20.9. The summed E-state index contributed by atoms with van der Waals surface area (Å²) in [6.07, 6.45) is 0. The second-order valence-corrected chi connectivity index (χ2v) is 7.39. The van der Waals surface area contributed by atoms with Crippen LogP contribution < -0.4 is 25.0 Å². The number of hydrogen-bond donors (Lipinski definition) is 2. The Bertz CT molecular complexity index is 897. The fourth-order valence-corrected chi connectivity index (χ4v) is 3.54. The highest BCUT2D eigenvalue weighted by atomic mass is 16.7. The van der Waals surface area contributed by atoms with E-state index >= 15 is 0 Å². The molecular weight excluding hydrogens is 384 g/mol. The van der Waals surface area contributed by atoms with Crippen molar-refractivity contribution in [1.29, 1.82) is 0 Å². The molecule has 1 atom stereocenters. The van der Waals surface area contributed by atoms with E-state index in [1.54, 1.807) is 11.8 Å². The molecule has 4 rings (SSSR count). The van der Waals surface area contributed by atoms with Crippen LogP contribution in [0, 0.1) is 0 Å². The van der Waals surface area contributed by atoms with Crippen LogP contribution in [0.1, 0.15) is 12.5 Å². The predicted octanol–water partition coefficient (Wildman–Crippen LogP) is 1.95. The minimum Gasteiger partial charge on any atom is -0.454 e. The van der Waals surface area contributed by atoms with Gasteiger partial charge in [0.15, 0.2) is 11.5 Å². The van der Waals surface area contributed by atoms with E-state index in [1.807, 2.05) is 36.4 Å². The number of hydrogen-bond acceptors (Lipinski definition) is 5. The van der Waals surface area contributed by atoms with Gasteiger partial charge in [-0.15, -0.1) is 0 Å². The first kappa shape index (κ1) is 19.9. The summed E-state index contributed by atoms with van der Waals surface area (Å²) >= 11 is 0. The zero-order valence-corrected chi connectivity index (χ0v) is 17.0. The summed E-state index contributed by atoms with van der Waals surface area (Å²) in [5.74, 6) is 1.15. The van der Waals surface area contributed by atoms with Crippen molar-refractivity contribution in [3.8, 4) is 11.5 Å². The predicted molar refractivity (Wildman–Crippen MR) is 113 cm³/mol. The van der Waals surface area contributed by atoms with Gasteiger partial charge in [-0.2, -0.15) is 0 Å². The van der Waals surface area contributed by atoms with E-state index in [1.165, 1.54) is 0 Å². The van der Waals surface area contributed by atoms with Crippen LogP contribution in [0.4, 0.5) is 10.5 Å². The van der Waals surface area contributed by atoms with Crippen molar-refractivity contribution in [3.63, 3.8) is 0 Å². The maximum absolute atomic E-state index is 12.5. The Balaban J connectivity index is 1.22. The van der Waals surface area contributed by atoms with Crippen LogP contribution >= 0.6 is 0 Å². The number of amides is 3. The monoisotopic (exact) mass is 410 g/mol. The van der Waals surface area contributed by atoms with Crippen molar-refractivity contribution >= 4 is 17.6 Å². The van der Waals surface area contributed by atoms with Crippen LogP contribution in [0.2, 0.25) is 0 Å². The first-order valence-corrected chi connectivity index (χ1v) is 10.1. The van der Waals surface area contributed by atoms with Crippen LogP contribution in [-0.2, 0) is 11.3 Å². The molecule has 0 saturated carbocycles. The van der Waals surface area contributed by atoms with Crippen LogP contribution in [0.25, 0.3) is 0 Å². The highest BCUT2D eigenvalue weighted by Crippen LogP contribution is 2.32. The van der Waals surface area contributed by atoms with Gasteiger partial charge in [-0.25, -0.2) is 4.79 Å². The van der Waals surface area contributed by atoms with Crippen LogP contribution in [-0.4, -0.2) is 55.9 Å². The highest BCUT2D eigenvalue weighted by molar-refractivity contribution is 5.86. The lowest BCUT2D eigenvalue weighted by Gasteiger charge is -2.36. The summed E-state index contributed by atoms with van der Waals surface area (Å²) in [7, 11) is 0. The largest absolute Gasteiger partial charge is 0.454 e. The Labute approximate surface area is 175 Å². The van der Waals surface area contributed by atoms with E-state index in [0.717, 1.165) is 24.3 Å². The number of urea groups is 1. The Kier molecular flexibility index (Phi) is 5.92. The van der Waals surface area contributed by atoms with Gasteiger partial charge >= 0.3 is 6.03 Å². The molecule has 1 fully saturated rings. The summed E-state index contributed by atoms with van der Waals surface area (Å²) < 4.78 is 10.6. The molecule has 2 aliphatic rings. The third-order valence-electron chi connectivity index (χ3n) is 5.33. The lowest BCUT2D eigenvalue weighted by molar-refractivity contribution is -0.122. The molecule has 0 bridgehead atoms. The third-order valence-corrected chi connectivity index (χ3v) is 5.33. The van der Waals surface area contributed by atoms with Gasteiger partial charge in [0, 0.05) is 38.4 Å². The van der Waals surface area contributed by atoms with E-state index in [-0.39, 0.29) is 18.7 Å². The van der Waals surface area contributed by atoms with Gasteiger partial charge in [-0.3, -0.25) is 4.79 Å². The number of carbonyl (C=O) groups excluding carboxylic acids is 2. The first-order valence-electron chi connectivity index (χ1n) is 10.1. The fourth-order valence-electron chi connectivity index (χ4n) is 3.54. The molecular formula is C22H26N4O4. The van der Waals surface area contributed by atoms with Crippen molar-refractivity contribution in [3.05, 3.63) is 54.1 Å². The topological polar surface area (TPSA) is 83.1 Å². The zero-order valence-electron chi connectivity index (χ0n) is 17.0. The average Bonchev–Trinajstić information content (AvgIpc) is 3.26. The van der Waals surface area contributed by atoms with Crippen molar-refractivity contribution in [2.24, 2.45) is 0 Å². The van der Waals surface area contributed by atoms with Gasteiger partial charge < -0.3 is 29.9 Å². The molecule has 2 aromatic carbocycles. The normalized spacial score (nSPS) is 16.2. The molecule has 0 aliphatic carbocycles. The van der Waals surface area contributed by atoms with E-state index in [2.05, 4.69) is 27.7 Å². The number of fused-ring (bicyclic) bond motifs is 1. The van der Waals surface area contributed by atoms with Crippen molar-refractivity contribution in [2.75, 3.05) is 37.9 Å². The molecule has 2 heterocycles. The van der Waals surface area contributed by atoms with Gasteiger partial charge in [0.1, 0.15) is 6.04 Å². The van der Waals surface area contributed by atoms with Crippen molar-refractivity contribution in [1.82, 2.24) is 15.5 Å². The lowest BCUT2D eigenvalue weighted by atomic mass is 10.2. The third kappa shape index (κ3) is 4.59. The molecule has 30 heavy (non-hydrogen) atoms. The van der Waals surface area contributed by atoms with E-state index in [0.29, 0.717) is 31.1 Å². The highest BCUT2D eigenvalue weighted by Gasteiger charge is 2.24. The maximum atomic E-state index is 12.5. The number of piperazine rings is 1. The Morgan fingerprint density at radius 1 is 1.00 bits per heavy atom. The molecule has 3 amide bonds. The molecule has 2 N–H and O–H groups in total. The Hall–Kier alpha value is -3.42. The van der Waals surface area contributed by atoms with Gasteiger partial charge in [0.2, 0.25) is 12.7 Å². The first-order chi connectivity index (χ1) is 14.6. The second-order valence-electron chi connectivity index (χ2n) is 7.39. The summed E-state index contributed by atoms with van der Waals surface area (Å²) in [6, 6.07) is 14.9. The van der Waals surface area contributed by atoms with Crippen LogP contribution in [0.5, 0.6) is 11.5 Å². The molecule has 0 aromatic heterocycles. The number of para-hydroxylation sites is 1. The number of carbonyl (C=O) groups is 2. The van der Waals surface area contributed by atoms with E-state index in [4.69, 9.17) is 9.47 Å². The van der Waals surface area contributed by atoms with Crippen LogP contribution in [0.15, 0.2) is 48.5 Å². The molecule has 0 unspecified atom stereocenters. The molecule has 8 nitrogen and oxygen atoms in total. The quantitative estimate of drug-likeness (QED) is 0.787. The second kappa shape index (κ2) is 8.94. The lowest BCUT2D eigenvalue weighted by Crippen LogP contribution is -2.55. The summed E-state index contributed by atoms with van der Waals surface area (Å²) in [4.78, 5) is 28.9. The number of nitrogens with zero attached hydrogens (tertiary/aromatic N) is 2. The standard InChI is InChI=1S/C22H26N4O4/c1-16(21(27)23-14-17-7-8-19-20(13-17)30-15-29-19)24-22(28)26-11-9-25(10-12-26)18-5-3-2-4-6-18/h2-8,13,16H,9-12,14-15H2,1H3,(H,23,27)(H,24,28)/t16-/m1/s1. The average molecular weight is 410 g/mol. The molecule has 8 heteroatoms. The fraction of sp³-hybridized carbons (Fsp3) is 0.364. The summed E-state index contributed by atoms with van der Waals surface area (Å²) in [5.41, 5.74) is 2.07. The van der Waals surface area contributed by atoms with E-state index in [9.17, 15) is 9.59 Å². The Morgan fingerprint density at radius 2 is 1.73 bits per heavy atom. The van der Waals surface area contributed by atoms with Crippen molar-refractivity contribution < 1.29 is 19.1 Å². The summed E-state index contributed by atoms with van der Waals surface area (Å²) in [6.45, 7) is 5.02. The van der Waals surface area contributed by atoms with E-state index < -0.39 is 6.04 Å². The van der Waals surface area contributed by atoms with Gasteiger partial charge in [0.05, 0.1) is 0 Å². The smallest absolute Gasteiger partial charge is 0.318 e. The molecule has 2 aliphatic heterocycles. The minimum atomic E-state index is -0.626. The number of anilines is 1. The SMILES string of the molecule is C[C@@H](NC(=O)N1CCN(c2ccccc2)CC1)C(=O)NCc1ccc2c(c1)OCO2. The molecule has 1 saturated heterocycles. The van der Waals surface area contributed by atoms with Gasteiger partial charge in [-0.05, 0) is 36.8 Å².